The van der Waals surface area contributed by atoms with Gasteiger partial charge >= 0.3 is 0 Å². The van der Waals surface area contributed by atoms with Gasteiger partial charge in [-0.15, -0.1) is 11.6 Å². The van der Waals surface area contributed by atoms with Gasteiger partial charge in [-0.1, -0.05) is 18.6 Å². The van der Waals surface area contributed by atoms with E-state index < -0.39 is 0 Å². The summed E-state index contributed by atoms with van der Waals surface area (Å²) in [5, 5.41) is 20.8. The van der Waals surface area contributed by atoms with E-state index in [1.54, 1.807) is 0 Å². The summed E-state index contributed by atoms with van der Waals surface area (Å²) in [5.74, 6) is 2.84. The largest absolute Gasteiger partial charge is 0.393 e. The molecule has 0 aromatic rings. The molecule has 0 heterocycles. The average Bonchev–Trinajstić information content (AvgIpc) is 2.86. The van der Waals surface area contributed by atoms with Crippen molar-refractivity contribution in [3.8, 4) is 0 Å². The van der Waals surface area contributed by atoms with Crippen molar-refractivity contribution >= 4 is 11.6 Å². The van der Waals surface area contributed by atoms with Gasteiger partial charge in [0.2, 0.25) is 0 Å². The molecule has 0 spiro atoms. The summed E-state index contributed by atoms with van der Waals surface area (Å²) in [6.07, 6.45) is 11.8. The van der Waals surface area contributed by atoms with Gasteiger partial charge in [-0.05, 0) is 81.0 Å². The number of alkyl halides is 1. The summed E-state index contributed by atoms with van der Waals surface area (Å²) in [7, 11) is 0. The maximum atomic E-state index is 10.7. The minimum atomic E-state index is -0.221. The highest BCUT2D eigenvalue weighted by Gasteiger charge is 2.60. The molecule has 2 N–H and O–H groups in total. The van der Waals surface area contributed by atoms with E-state index in [2.05, 4.69) is 13.0 Å². The zero-order valence-electron chi connectivity index (χ0n) is 14.3. The van der Waals surface area contributed by atoms with Gasteiger partial charge in [-0.3, -0.25) is 0 Å². The fourth-order valence-corrected chi connectivity index (χ4v) is 7.50. The number of aliphatic hydroxyl groups is 2. The second-order valence-corrected chi connectivity index (χ2v) is 9.31. The van der Waals surface area contributed by atoms with Crippen LogP contribution in [0.25, 0.3) is 0 Å². The molecule has 23 heavy (non-hydrogen) atoms. The number of allylic oxidation sites excluding steroid dienone is 1. The van der Waals surface area contributed by atoms with E-state index in [1.807, 2.05) is 0 Å². The molecular formula is C20H31ClO2. The molecule has 0 bridgehead atoms. The van der Waals surface area contributed by atoms with E-state index in [0.29, 0.717) is 17.2 Å². The van der Waals surface area contributed by atoms with Crippen LogP contribution in [0.15, 0.2) is 11.6 Å². The van der Waals surface area contributed by atoms with E-state index in [1.165, 1.54) is 24.8 Å². The van der Waals surface area contributed by atoms with Crippen molar-refractivity contribution in [2.45, 2.75) is 76.9 Å². The number of halogens is 1. The van der Waals surface area contributed by atoms with E-state index >= 15 is 0 Å². The molecule has 3 saturated carbocycles. The molecule has 0 radical (unpaired) electrons. The molecule has 0 aromatic carbocycles. The summed E-state index contributed by atoms with van der Waals surface area (Å²) < 4.78 is 0. The quantitative estimate of drug-likeness (QED) is 0.582. The normalized spacial score (nSPS) is 52.3. The lowest BCUT2D eigenvalue weighted by Crippen LogP contribution is -2.52. The lowest BCUT2D eigenvalue weighted by molar-refractivity contribution is -0.0871. The zero-order valence-corrected chi connectivity index (χ0v) is 15.1. The summed E-state index contributed by atoms with van der Waals surface area (Å²) in [4.78, 5) is 0. The molecule has 7 atom stereocenters. The lowest BCUT2D eigenvalue weighted by Gasteiger charge is -2.58. The van der Waals surface area contributed by atoms with Gasteiger partial charge in [0.1, 0.15) is 0 Å². The standard InChI is InChI=1S/C20H31ClO2/c1-19-8-6-14(22)12-13(19)2-3-15-16(19)7-9-20(10-11-21)17(15)4-5-18(20)23/h12,14-18,22-23H,2-11H2,1H3/t14-,15+,16-,17-,18-,19-,20+/m0/s1. The van der Waals surface area contributed by atoms with Crippen molar-refractivity contribution in [2.75, 3.05) is 5.88 Å². The Kier molecular flexibility index (Phi) is 4.10. The van der Waals surface area contributed by atoms with Crippen LogP contribution in [0, 0.1) is 28.6 Å². The Morgan fingerprint density at radius 1 is 1.09 bits per heavy atom. The summed E-state index contributed by atoms with van der Waals surface area (Å²) in [6.45, 7) is 2.46. The molecule has 2 nitrogen and oxygen atoms in total. The topological polar surface area (TPSA) is 40.5 Å². The fourth-order valence-electron chi connectivity index (χ4n) is 7.15. The number of aliphatic hydroxyl groups excluding tert-OH is 2. The monoisotopic (exact) mass is 338 g/mol. The minimum Gasteiger partial charge on any atom is -0.393 e. The van der Waals surface area contributed by atoms with E-state index in [9.17, 15) is 10.2 Å². The van der Waals surface area contributed by atoms with Gasteiger partial charge in [0.15, 0.2) is 0 Å². The zero-order chi connectivity index (χ0) is 16.2. The fraction of sp³-hybridized carbons (Fsp3) is 0.900. The molecule has 0 saturated heterocycles. The highest BCUT2D eigenvalue weighted by atomic mass is 35.5. The molecule has 3 fully saturated rings. The van der Waals surface area contributed by atoms with E-state index in [0.717, 1.165) is 50.4 Å². The van der Waals surface area contributed by atoms with Crippen LogP contribution in [0.3, 0.4) is 0 Å². The third-order valence-electron chi connectivity index (χ3n) is 8.32. The van der Waals surface area contributed by atoms with Crippen LogP contribution >= 0.6 is 11.6 Å². The van der Waals surface area contributed by atoms with Crippen LogP contribution in [0.1, 0.15) is 64.7 Å². The third kappa shape index (κ3) is 2.28. The number of fused-ring (bicyclic) bond motifs is 5. The Labute approximate surface area is 145 Å². The Hall–Kier alpha value is -0.0500. The molecule has 0 unspecified atom stereocenters. The minimum absolute atomic E-state index is 0.106. The van der Waals surface area contributed by atoms with Crippen LogP contribution in [-0.4, -0.2) is 28.3 Å². The molecular weight excluding hydrogens is 308 g/mol. The molecule has 4 rings (SSSR count). The van der Waals surface area contributed by atoms with Gasteiger partial charge < -0.3 is 10.2 Å². The highest BCUT2D eigenvalue weighted by molar-refractivity contribution is 6.17. The first-order valence-electron chi connectivity index (χ1n) is 9.64. The van der Waals surface area contributed by atoms with Gasteiger partial charge in [0, 0.05) is 11.3 Å². The Morgan fingerprint density at radius 2 is 1.91 bits per heavy atom. The first-order valence-corrected chi connectivity index (χ1v) is 10.2. The van der Waals surface area contributed by atoms with Gasteiger partial charge in [0.05, 0.1) is 12.2 Å². The van der Waals surface area contributed by atoms with E-state index in [-0.39, 0.29) is 17.6 Å². The molecule has 0 aromatic heterocycles. The molecule has 130 valence electrons. The third-order valence-corrected chi connectivity index (χ3v) is 8.51. The number of hydrogen-bond acceptors (Lipinski definition) is 2. The predicted molar refractivity (Wildman–Crippen MR) is 93.4 cm³/mol. The van der Waals surface area contributed by atoms with Crippen molar-refractivity contribution in [3.05, 3.63) is 11.6 Å². The maximum absolute atomic E-state index is 10.7. The van der Waals surface area contributed by atoms with Crippen molar-refractivity contribution < 1.29 is 10.2 Å². The van der Waals surface area contributed by atoms with Gasteiger partial charge in [-0.25, -0.2) is 0 Å². The van der Waals surface area contributed by atoms with Crippen molar-refractivity contribution in [1.82, 2.24) is 0 Å². The molecule has 0 aliphatic heterocycles. The second kappa shape index (κ2) is 5.75. The van der Waals surface area contributed by atoms with Crippen molar-refractivity contribution in [2.24, 2.45) is 28.6 Å². The van der Waals surface area contributed by atoms with Crippen LogP contribution in [0.5, 0.6) is 0 Å². The van der Waals surface area contributed by atoms with Crippen LogP contribution < -0.4 is 0 Å². The first kappa shape index (κ1) is 16.4. The highest BCUT2D eigenvalue weighted by Crippen LogP contribution is 2.66. The Morgan fingerprint density at radius 3 is 2.70 bits per heavy atom. The SMILES string of the molecule is C[C@]12CC[C@H](O)C=C1CC[C@H]1[C@@H]3CC[C@H](O)[C@@]3(CCCl)CC[C@@H]12. The van der Waals surface area contributed by atoms with E-state index in [4.69, 9.17) is 11.6 Å². The summed E-state index contributed by atoms with van der Waals surface area (Å²) in [5.41, 5.74) is 1.93. The first-order chi connectivity index (χ1) is 11.0. The molecule has 0 amide bonds. The molecule has 3 heteroatoms. The Bertz CT molecular complexity index is 504. The van der Waals surface area contributed by atoms with Crippen molar-refractivity contribution in [3.63, 3.8) is 0 Å². The summed E-state index contributed by atoms with van der Waals surface area (Å²) in [6, 6.07) is 0. The number of hydrogen-bond donors (Lipinski definition) is 2. The van der Waals surface area contributed by atoms with Gasteiger partial charge in [-0.2, -0.15) is 0 Å². The summed E-state index contributed by atoms with van der Waals surface area (Å²) >= 11 is 6.14. The number of rotatable bonds is 2. The van der Waals surface area contributed by atoms with Crippen LogP contribution in [0.2, 0.25) is 0 Å². The second-order valence-electron chi connectivity index (χ2n) is 8.93. The van der Waals surface area contributed by atoms with Crippen LogP contribution in [-0.2, 0) is 0 Å². The smallest absolute Gasteiger partial charge is 0.0724 e. The lowest BCUT2D eigenvalue weighted by atomic mass is 9.46. The molecule has 4 aliphatic carbocycles. The Balaban J connectivity index is 1.66. The van der Waals surface area contributed by atoms with Crippen LogP contribution in [0.4, 0.5) is 0 Å². The van der Waals surface area contributed by atoms with Crippen molar-refractivity contribution in [1.29, 1.82) is 0 Å². The molecule has 4 aliphatic rings. The predicted octanol–water partition coefficient (Wildman–Crippen LogP) is 4.28. The average molecular weight is 339 g/mol. The van der Waals surface area contributed by atoms with Gasteiger partial charge in [0.25, 0.3) is 0 Å². The maximum Gasteiger partial charge on any atom is 0.0724 e.